The number of carbonyl (C=O) groups is 1. The minimum Gasteiger partial charge on any atom is -0.494 e. The number of carbonyl (C=O) groups excluding carboxylic acids is 1. The van der Waals surface area contributed by atoms with E-state index in [4.69, 9.17) is 4.74 Å². The molecule has 3 rings (SSSR count). The number of amides is 1. The Kier molecular flexibility index (Phi) is 7.06. The standard InChI is InChI=1S/C21H25N3O4S2/c1-4-13-24(14-5-2)30(26,27)16-11-9-15(10-12-16)20(25)23-21-22-19-17(28-3)7-6-8-18(19)29-21/h6-12H,4-5,13-14H2,1-3H3,(H,22,23,25). The van der Waals surface area contributed by atoms with Gasteiger partial charge in [0.15, 0.2) is 5.13 Å². The Hall–Kier alpha value is -2.49. The number of ether oxygens (including phenoxy) is 1. The summed E-state index contributed by atoms with van der Waals surface area (Å²) in [5.74, 6) is 0.290. The Morgan fingerprint density at radius 2 is 1.77 bits per heavy atom. The summed E-state index contributed by atoms with van der Waals surface area (Å²) < 4.78 is 33.4. The fraction of sp³-hybridized carbons (Fsp3) is 0.333. The van der Waals surface area contributed by atoms with Crippen molar-refractivity contribution in [2.75, 3.05) is 25.5 Å². The quantitative estimate of drug-likeness (QED) is 0.526. The van der Waals surface area contributed by atoms with Crippen molar-refractivity contribution in [2.45, 2.75) is 31.6 Å². The van der Waals surface area contributed by atoms with E-state index < -0.39 is 10.0 Å². The number of hydrogen-bond donors (Lipinski definition) is 1. The van der Waals surface area contributed by atoms with E-state index in [9.17, 15) is 13.2 Å². The van der Waals surface area contributed by atoms with Gasteiger partial charge >= 0.3 is 0 Å². The minimum atomic E-state index is -3.57. The maximum absolute atomic E-state index is 12.8. The Bertz CT molecular complexity index is 1120. The first kappa shape index (κ1) is 22.2. The molecule has 0 unspecified atom stereocenters. The van der Waals surface area contributed by atoms with Crippen molar-refractivity contribution in [3.05, 3.63) is 48.0 Å². The smallest absolute Gasteiger partial charge is 0.257 e. The van der Waals surface area contributed by atoms with Gasteiger partial charge in [-0.1, -0.05) is 31.3 Å². The fourth-order valence-electron chi connectivity index (χ4n) is 3.09. The molecule has 0 radical (unpaired) electrons. The maximum atomic E-state index is 12.8. The first-order valence-electron chi connectivity index (χ1n) is 9.75. The van der Waals surface area contributed by atoms with Gasteiger partial charge in [-0.25, -0.2) is 13.4 Å². The van der Waals surface area contributed by atoms with Crippen molar-refractivity contribution >= 4 is 42.6 Å². The second-order valence-electron chi connectivity index (χ2n) is 6.71. The number of benzene rings is 2. The molecule has 0 saturated carbocycles. The van der Waals surface area contributed by atoms with Crippen molar-refractivity contribution in [1.29, 1.82) is 0 Å². The van der Waals surface area contributed by atoms with Gasteiger partial charge in [-0.15, -0.1) is 0 Å². The van der Waals surface area contributed by atoms with Crippen LogP contribution in [0.5, 0.6) is 5.75 Å². The summed E-state index contributed by atoms with van der Waals surface area (Å²) >= 11 is 1.35. The van der Waals surface area contributed by atoms with Crippen LogP contribution in [0.3, 0.4) is 0 Å². The van der Waals surface area contributed by atoms with Crippen molar-refractivity contribution in [1.82, 2.24) is 9.29 Å². The molecule has 0 spiro atoms. The van der Waals surface area contributed by atoms with E-state index in [2.05, 4.69) is 10.3 Å². The third-order valence-corrected chi connectivity index (χ3v) is 7.37. The zero-order valence-electron chi connectivity index (χ0n) is 17.2. The summed E-state index contributed by atoms with van der Waals surface area (Å²) in [5.41, 5.74) is 1.05. The van der Waals surface area contributed by atoms with Crippen molar-refractivity contribution < 1.29 is 17.9 Å². The number of rotatable bonds is 9. The average molecular weight is 448 g/mol. The highest BCUT2D eigenvalue weighted by molar-refractivity contribution is 7.89. The SMILES string of the molecule is CCCN(CCC)S(=O)(=O)c1ccc(C(=O)Nc2nc3c(OC)cccc3s2)cc1. The number of hydrogen-bond acceptors (Lipinski definition) is 6. The normalized spacial score (nSPS) is 11.7. The molecule has 2 aromatic carbocycles. The van der Waals surface area contributed by atoms with Gasteiger partial charge in [0.05, 0.1) is 16.7 Å². The van der Waals surface area contributed by atoms with Crippen LogP contribution >= 0.6 is 11.3 Å². The lowest BCUT2D eigenvalue weighted by Gasteiger charge is -2.21. The van der Waals surface area contributed by atoms with Crippen molar-refractivity contribution in [2.24, 2.45) is 0 Å². The zero-order valence-corrected chi connectivity index (χ0v) is 18.8. The Morgan fingerprint density at radius 3 is 2.37 bits per heavy atom. The lowest BCUT2D eigenvalue weighted by Crippen LogP contribution is -2.32. The number of nitrogens with one attached hydrogen (secondary N) is 1. The van der Waals surface area contributed by atoms with Crippen LogP contribution in [0.1, 0.15) is 37.0 Å². The topological polar surface area (TPSA) is 88.6 Å². The number of aromatic nitrogens is 1. The van der Waals surface area contributed by atoms with Gasteiger partial charge in [0.25, 0.3) is 5.91 Å². The largest absolute Gasteiger partial charge is 0.494 e. The summed E-state index contributed by atoms with van der Waals surface area (Å²) in [7, 11) is -2.00. The molecule has 0 aliphatic carbocycles. The Morgan fingerprint density at radius 1 is 1.10 bits per heavy atom. The molecular formula is C21H25N3O4S2. The second kappa shape index (κ2) is 9.55. The minimum absolute atomic E-state index is 0.186. The van der Waals surface area contributed by atoms with Gasteiger partial charge in [0.2, 0.25) is 10.0 Å². The molecule has 0 fully saturated rings. The molecule has 1 N–H and O–H groups in total. The number of nitrogens with zero attached hydrogens (tertiary/aromatic N) is 2. The summed E-state index contributed by atoms with van der Waals surface area (Å²) in [5, 5.41) is 3.23. The van der Waals surface area contributed by atoms with Crippen LogP contribution in [-0.2, 0) is 10.0 Å². The number of methoxy groups -OCH3 is 1. The zero-order chi connectivity index (χ0) is 21.7. The van der Waals surface area contributed by atoms with E-state index >= 15 is 0 Å². The molecule has 1 heterocycles. The van der Waals surface area contributed by atoms with Gasteiger partial charge in [0, 0.05) is 18.7 Å². The van der Waals surface area contributed by atoms with E-state index in [1.54, 1.807) is 7.11 Å². The third kappa shape index (κ3) is 4.63. The number of anilines is 1. The van der Waals surface area contributed by atoms with Crippen LogP contribution in [-0.4, -0.2) is 43.8 Å². The fourth-order valence-corrected chi connectivity index (χ4v) is 5.59. The van der Waals surface area contributed by atoms with Crippen molar-refractivity contribution in [3.8, 4) is 5.75 Å². The van der Waals surface area contributed by atoms with Crippen LogP contribution < -0.4 is 10.1 Å². The van der Waals surface area contributed by atoms with Gasteiger partial charge in [-0.3, -0.25) is 10.1 Å². The van der Waals surface area contributed by atoms with Crippen LogP contribution in [0.15, 0.2) is 47.4 Å². The van der Waals surface area contributed by atoms with Gasteiger partial charge < -0.3 is 4.74 Å². The molecule has 3 aromatic rings. The molecule has 1 amide bonds. The molecule has 0 saturated heterocycles. The van der Waals surface area contributed by atoms with E-state index in [1.165, 1.54) is 39.9 Å². The first-order valence-corrected chi connectivity index (χ1v) is 12.0. The molecule has 9 heteroatoms. The Balaban J connectivity index is 1.78. The predicted molar refractivity (Wildman–Crippen MR) is 120 cm³/mol. The highest BCUT2D eigenvalue weighted by Crippen LogP contribution is 2.32. The van der Waals surface area contributed by atoms with Crippen LogP contribution in [0.2, 0.25) is 0 Å². The summed E-state index contributed by atoms with van der Waals surface area (Å²) in [6.07, 6.45) is 1.49. The van der Waals surface area contributed by atoms with E-state index in [0.717, 1.165) is 17.5 Å². The van der Waals surface area contributed by atoms with Crippen molar-refractivity contribution in [3.63, 3.8) is 0 Å². The third-order valence-electron chi connectivity index (χ3n) is 4.52. The lowest BCUT2D eigenvalue weighted by atomic mass is 10.2. The summed E-state index contributed by atoms with van der Waals surface area (Å²) in [4.78, 5) is 17.2. The number of fused-ring (bicyclic) bond motifs is 1. The highest BCUT2D eigenvalue weighted by atomic mass is 32.2. The molecule has 160 valence electrons. The molecule has 0 aliphatic rings. The molecule has 7 nitrogen and oxygen atoms in total. The second-order valence-corrected chi connectivity index (χ2v) is 9.68. The summed E-state index contributed by atoms with van der Waals surface area (Å²) in [6, 6.07) is 11.6. The predicted octanol–water partition coefficient (Wildman–Crippen LogP) is 4.37. The molecule has 0 aliphatic heterocycles. The highest BCUT2D eigenvalue weighted by Gasteiger charge is 2.23. The van der Waals surface area contributed by atoms with Gasteiger partial charge in [-0.05, 0) is 49.2 Å². The first-order chi connectivity index (χ1) is 14.4. The van der Waals surface area contributed by atoms with E-state index in [1.807, 2.05) is 32.0 Å². The molecule has 0 bridgehead atoms. The Labute approximate surface area is 180 Å². The molecular weight excluding hydrogens is 422 g/mol. The number of thiazole rings is 1. The monoisotopic (exact) mass is 447 g/mol. The molecule has 0 atom stereocenters. The molecule has 30 heavy (non-hydrogen) atoms. The maximum Gasteiger partial charge on any atom is 0.257 e. The van der Waals surface area contributed by atoms with Crippen LogP contribution in [0, 0.1) is 0 Å². The van der Waals surface area contributed by atoms with Crippen LogP contribution in [0.4, 0.5) is 5.13 Å². The van der Waals surface area contributed by atoms with Gasteiger partial charge in [-0.2, -0.15) is 4.31 Å². The number of para-hydroxylation sites is 1. The number of sulfonamides is 1. The van der Waals surface area contributed by atoms with Gasteiger partial charge in [0.1, 0.15) is 11.3 Å². The summed E-state index contributed by atoms with van der Waals surface area (Å²) in [6.45, 7) is 4.84. The average Bonchev–Trinajstić information content (AvgIpc) is 3.16. The molecule has 1 aromatic heterocycles. The lowest BCUT2D eigenvalue weighted by molar-refractivity contribution is 0.102. The van der Waals surface area contributed by atoms with E-state index in [0.29, 0.717) is 35.1 Å². The van der Waals surface area contributed by atoms with E-state index in [-0.39, 0.29) is 10.8 Å². The van der Waals surface area contributed by atoms with Crippen LogP contribution in [0.25, 0.3) is 10.2 Å².